The van der Waals surface area contributed by atoms with Crippen LogP contribution in [0.4, 0.5) is 0 Å². The Labute approximate surface area is 189 Å². The lowest BCUT2D eigenvalue weighted by Gasteiger charge is -2.31. The Hall–Kier alpha value is -3.30. The highest BCUT2D eigenvalue weighted by Gasteiger charge is 2.24. The van der Waals surface area contributed by atoms with Gasteiger partial charge in [-0.15, -0.1) is 0 Å². The summed E-state index contributed by atoms with van der Waals surface area (Å²) in [7, 11) is 0. The van der Waals surface area contributed by atoms with Crippen LogP contribution in [0.5, 0.6) is 0 Å². The first kappa shape index (κ1) is 20.6. The Morgan fingerprint density at radius 2 is 1.97 bits per heavy atom. The summed E-state index contributed by atoms with van der Waals surface area (Å²) in [5, 5.41) is 1.44. The SMILES string of the molecule is O=c1cc([C@H]2CCCN(Cc3ccc(Sc4ncccn4)o3)C2)nc(-c2ccncc2)[nH]1. The lowest BCUT2D eigenvalue weighted by molar-refractivity contribution is 0.182. The number of hydrogen-bond donors (Lipinski definition) is 1. The maximum Gasteiger partial charge on any atom is 0.251 e. The zero-order valence-electron chi connectivity index (χ0n) is 17.3. The van der Waals surface area contributed by atoms with Gasteiger partial charge < -0.3 is 9.40 Å². The van der Waals surface area contributed by atoms with E-state index in [0.29, 0.717) is 17.5 Å². The normalized spacial score (nSPS) is 16.8. The number of likely N-dealkylation sites (tertiary alicyclic amines) is 1. The van der Waals surface area contributed by atoms with Crippen LogP contribution in [0.15, 0.2) is 80.6 Å². The maximum atomic E-state index is 12.3. The molecular weight excluding hydrogens is 424 g/mol. The van der Waals surface area contributed by atoms with E-state index in [4.69, 9.17) is 9.40 Å². The van der Waals surface area contributed by atoms with Crippen LogP contribution in [0.25, 0.3) is 11.4 Å². The summed E-state index contributed by atoms with van der Waals surface area (Å²) in [6.45, 7) is 2.53. The molecule has 1 aliphatic heterocycles. The zero-order chi connectivity index (χ0) is 21.8. The largest absolute Gasteiger partial charge is 0.453 e. The fraction of sp³-hybridized carbons (Fsp3) is 0.261. The van der Waals surface area contributed by atoms with E-state index in [0.717, 1.165) is 48.0 Å². The molecule has 0 aliphatic carbocycles. The molecule has 162 valence electrons. The number of pyridine rings is 1. The fourth-order valence-electron chi connectivity index (χ4n) is 3.92. The van der Waals surface area contributed by atoms with Gasteiger partial charge in [-0.3, -0.25) is 14.7 Å². The van der Waals surface area contributed by atoms with Crippen molar-refractivity contribution in [2.45, 2.75) is 35.6 Å². The van der Waals surface area contributed by atoms with Crippen molar-refractivity contribution in [3.05, 3.63) is 83.0 Å². The molecule has 5 heterocycles. The number of furan rings is 1. The van der Waals surface area contributed by atoms with E-state index in [-0.39, 0.29) is 11.5 Å². The smallest absolute Gasteiger partial charge is 0.251 e. The average molecular weight is 447 g/mol. The van der Waals surface area contributed by atoms with Crippen molar-refractivity contribution in [3.8, 4) is 11.4 Å². The second kappa shape index (κ2) is 9.46. The highest BCUT2D eigenvalue weighted by Crippen LogP contribution is 2.29. The monoisotopic (exact) mass is 446 g/mol. The van der Waals surface area contributed by atoms with Crippen LogP contribution in [0.2, 0.25) is 0 Å². The molecule has 0 bridgehead atoms. The zero-order valence-corrected chi connectivity index (χ0v) is 18.2. The van der Waals surface area contributed by atoms with E-state index in [1.54, 1.807) is 36.9 Å². The van der Waals surface area contributed by atoms with Crippen LogP contribution in [-0.4, -0.2) is 42.9 Å². The Kier molecular flexibility index (Phi) is 6.09. The van der Waals surface area contributed by atoms with Gasteiger partial charge in [0, 0.05) is 48.9 Å². The summed E-state index contributed by atoms with van der Waals surface area (Å²) >= 11 is 1.41. The Morgan fingerprint density at radius 1 is 1.12 bits per heavy atom. The van der Waals surface area contributed by atoms with E-state index < -0.39 is 0 Å². The molecule has 0 saturated carbocycles. The topological polar surface area (TPSA) is 101 Å². The van der Waals surface area contributed by atoms with Crippen LogP contribution in [0, 0.1) is 0 Å². The molecular formula is C23H22N6O2S. The van der Waals surface area contributed by atoms with Gasteiger partial charge in [-0.2, -0.15) is 0 Å². The highest BCUT2D eigenvalue weighted by molar-refractivity contribution is 7.99. The van der Waals surface area contributed by atoms with Gasteiger partial charge in [-0.1, -0.05) is 0 Å². The number of nitrogens with one attached hydrogen (secondary N) is 1. The first-order valence-electron chi connectivity index (χ1n) is 10.5. The minimum absolute atomic E-state index is 0.130. The number of hydrogen-bond acceptors (Lipinski definition) is 8. The first-order valence-corrected chi connectivity index (χ1v) is 11.3. The van der Waals surface area contributed by atoms with Crippen molar-refractivity contribution >= 4 is 11.8 Å². The second-order valence-corrected chi connectivity index (χ2v) is 8.65. The van der Waals surface area contributed by atoms with Crippen molar-refractivity contribution in [1.29, 1.82) is 0 Å². The van der Waals surface area contributed by atoms with Gasteiger partial charge in [0.15, 0.2) is 10.2 Å². The molecule has 1 aliphatic rings. The molecule has 8 nitrogen and oxygen atoms in total. The molecule has 1 atom stereocenters. The Morgan fingerprint density at radius 3 is 2.81 bits per heavy atom. The standard InChI is InChI=1S/C23H22N6O2S/c30-20-13-19(27-22(28-20)16-6-10-24-11-7-16)17-3-1-12-29(14-17)15-18-4-5-21(31-18)32-23-25-8-2-9-26-23/h2,4-11,13,17H,1,3,12,14-15H2,(H,27,28,30)/t17-/m0/s1. The quantitative estimate of drug-likeness (QED) is 0.447. The third kappa shape index (κ3) is 4.95. The molecule has 1 fully saturated rings. The minimum atomic E-state index is -0.130. The number of H-pyrrole nitrogens is 1. The van der Waals surface area contributed by atoms with Gasteiger partial charge >= 0.3 is 0 Å². The lowest BCUT2D eigenvalue weighted by atomic mass is 9.94. The van der Waals surface area contributed by atoms with Crippen molar-refractivity contribution in [2.24, 2.45) is 0 Å². The second-order valence-electron chi connectivity index (χ2n) is 7.68. The van der Waals surface area contributed by atoms with E-state index >= 15 is 0 Å². The van der Waals surface area contributed by atoms with Gasteiger partial charge in [0.05, 0.1) is 12.2 Å². The average Bonchev–Trinajstić information content (AvgIpc) is 3.26. The molecule has 0 amide bonds. The number of rotatable bonds is 6. The summed E-state index contributed by atoms with van der Waals surface area (Å²) in [4.78, 5) is 34.7. The summed E-state index contributed by atoms with van der Waals surface area (Å²) in [5.41, 5.74) is 1.56. The molecule has 1 N–H and O–H groups in total. The van der Waals surface area contributed by atoms with Crippen molar-refractivity contribution in [1.82, 2.24) is 29.8 Å². The Balaban J connectivity index is 1.27. The molecule has 32 heavy (non-hydrogen) atoms. The van der Waals surface area contributed by atoms with Crippen LogP contribution < -0.4 is 5.56 Å². The molecule has 0 aromatic carbocycles. The van der Waals surface area contributed by atoms with Crippen molar-refractivity contribution < 1.29 is 4.42 Å². The van der Waals surface area contributed by atoms with E-state index in [2.05, 4.69) is 24.8 Å². The van der Waals surface area contributed by atoms with Gasteiger partial charge in [-0.05, 0) is 61.5 Å². The number of piperidine rings is 1. The van der Waals surface area contributed by atoms with Crippen molar-refractivity contribution in [2.75, 3.05) is 13.1 Å². The van der Waals surface area contributed by atoms with E-state index in [1.165, 1.54) is 11.8 Å². The van der Waals surface area contributed by atoms with Crippen LogP contribution in [0.1, 0.15) is 30.2 Å². The van der Waals surface area contributed by atoms with Gasteiger partial charge in [0.25, 0.3) is 5.56 Å². The summed E-state index contributed by atoms with van der Waals surface area (Å²) in [6.07, 6.45) is 8.89. The predicted octanol–water partition coefficient (Wildman–Crippen LogP) is 3.75. The molecule has 0 radical (unpaired) electrons. The van der Waals surface area contributed by atoms with Crippen LogP contribution >= 0.6 is 11.8 Å². The molecule has 5 rings (SSSR count). The third-order valence-electron chi connectivity index (χ3n) is 5.39. The number of nitrogens with zero attached hydrogens (tertiary/aromatic N) is 5. The summed E-state index contributed by atoms with van der Waals surface area (Å²) in [6, 6.07) is 11.1. The van der Waals surface area contributed by atoms with Crippen LogP contribution in [0.3, 0.4) is 0 Å². The van der Waals surface area contributed by atoms with E-state index in [9.17, 15) is 4.79 Å². The fourth-order valence-corrected chi connectivity index (χ4v) is 4.61. The maximum absolute atomic E-state index is 12.3. The summed E-state index contributed by atoms with van der Waals surface area (Å²) < 4.78 is 5.99. The molecule has 0 spiro atoms. The molecule has 9 heteroatoms. The van der Waals surface area contributed by atoms with Crippen molar-refractivity contribution in [3.63, 3.8) is 0 Å². The highest BCUT2D eigenvalue weighted by atomic mass is 32.2. The molecule has 4 aromatic rings. The first-order chi connectivity index (χ1) is 15.7. The lowest BCUT2D eigenvalue weighted by Crippen LogP contribution is -2.34. The molecule has 4 aromatic heterocycles. The molecule has 0 unspecified atom stereocenters. The Bertz CT molecular complexity index is 1230. The summed E-state index contributed by atoms with van der Waals surface area (Å²) in [5.74, 6) is 1.69. The molecule has 1 saturated heterocycles. The van der Waals surface area contributed by atoms with Crippen LogP contribution in [-0.2, 0) is 6.54 Å². The predicted molar refractivity (Wildman–Crippen MR) is 120 cm³/mol. The van der Waals surface area contributed by atoms with Gasteiger partial charge in [0.2, 0.25) is 0 Å². The minimum Gasteiger partial charge on any atom is -0.453 e. The number of aromatic amines is 1. The third-order valence-corrected chi connectivity index (χ3v) is 6.20. The van der Waals surface area contributed by atoms with E-state index in [1.807, 2.05) is 24.3 Å². The van der Waals surface area contributed by atoms with Gasteiger partial charge in [0.1, 0.15) is 11.6 Å². The van der Waals surface area contributed by atoms with Gasteiger partial charge in [-0.25, -0.2) is 15.0 Å². The number of aromatic nitrogens is 5.